The first-order valence-electron chi connectivity index (χ1n) is 12.0. The van der Waals surface area contributed by atoms with E-state index < -0.39 is 16.5 Å². The lowest BCUT2D eigenvalue weighted by atomic mass is 10.1. The summed E-state index contributed by atoms with van der Waals surface area (Å²) < 4.78 is 4.07. The third kappa shape index (κ3) is 19.0. The maximum Gasteiger partial charge on any atom is 0.137 e. The van der Waals surface area contributed by atoms with Crippen molar-refractivity contribution in [1.29, 1.82) is 0 Å². The Balaban J connectivity index is 3.99. The zero-order valence-electron chi connectivity index (χ0n) is 19.7. The molecule has 0 aliphatic rings. The molecule has 0 heterocycles. The van der Waals surface area contributed by atoms with E-state index in [2.05, 4.69) is 68.2 Å². The Hall–Kier alpha value is -0.126. The van der Waals surface area contributed by atoms with Gasteiger partial charge in [-0.1, -0.05) is 128 Å². The highest BCUT2D eigenvalue weighted by Crippen LogP contribution is 2.12. The quantitative estimate of drug-likeness (QED) is 0.176. The number of unbranched alkanes of at least 4 members (excludes halogenated alkanes) is 12. The first kappa shape index (κ1) is 26.9. The highest BCUT2D eigenvalue weighted by molar-refractivity contribution is 6.95. The van der Waals surface area contributed by atoms with Crippen LogP contribution in [0.25, 0.3) is 0 Å². The van der Waals surface area contributed by atoms with Gasteiger partial charge in [-0.05, 0) is 25.7 Å². The molecule has 0 aromatic heterocycles. The van der Waals surface area contributed by atoms with E-state index in [4.69, 9.17) is 0 Å². The van der Waals surface area contributed by atoms with Crippen molar-refractivity contribution in [2.75, 3.05) is 0 Å². The van der Waals surface area contributed by atoms with Gasteiger partial charge in [0.2, 0.25) is 0 Å². The predicted octanol–water partition coefficient (Wildman–Crippen LogP) is 8.68. The van der Waals surface area contributed by atoms with E-state index in [1.54, 1.807) is 0 Å². The molecular formula is C24H51NSi2. The standard InChI is InChI=1S/C24H51NSi2/c1-7-9-11-13-15-17-19-21-23-26(3,4)25-27(5,6)24-22-20-18-16-14-12-10-8-2/h21-25H,7-20H2,1-6H3. The highest BCUT2D eigenvalue weighted by atomic mass is 28.4. The van der Waals surface area contributed by atoms with Gasteiger partial charge in [-0.2, -0.15) is 0 Å². The SMILES string of the molecule is CCCCCCCCC=C[Si](C)(C)N[Si](C)(C)C=CCCCCCCCC. The summed E-state index contributed by atoms with van der Waals surface area (Å²) in [6.07, 6.45) is 24.2. The molecule has 0 radical (unpaired) electrons. The van der Waals surface area contributed by atoms with E-state index in [0.29, 0.717) is 0 Å². The molecule has 0 rings (SSSR count). The number of hydrogen-bond donors (Lipinski definition) is 1. The van der Waals surface area contributed by atoms with Gasteiger partial charge in [0, 0.05) is 0 Å². The summed E-state index contributed by atoms with van der Waals surface area (Å²) >= 11 is 0. The lowest BCUT2D eigenvalue weighted by molar-refractivity contribution is 0.611. The van der Waals surface area contributed by atoms with Crippen molar-refractivity contribution in [3.05, 3.63) is 23.6 Å². The summed E-state index contributed by atoms with van der Waals surface area (Å²) in [6.45, 7) is 14.4. The lowest BCUT2D eigenvalue weighted by Gasteiger charge is -2.30. The fourth-order valence-electron chi connectivity index (χ4n) is 3.75. The third-order valence-corrected chi connectivity index (χ3v) is 12.5. The first-order valence-corrected chi connectivity index (χ1v) is 18.1. The molecule has 0 aliphatic heterocycles. The molecule has 0 aromatic carbocycles. The van der Waals surface area contributed by atoms with Crippen molar-refractivity contribution in [2.24, 2.45) is 0 Å². The van der Waals surface area contributed by atoms with E-state index in [-0.39, 0.29) is 0 Å². The molecule has 0 atom stereocenters. The Morgan fingerprint density at radius 3 is 1.22 bits per heavy atom. The maximum absolute atomic E-state index is 4.07. The minimum absolute atomic E-state index is 1.26. The van der Waals surface area contributed by atoms with Gasteiger partial charge in [0.1, 0.15) is 16.5 Å². The minimum atomic E-state index is -1.43. The highest BCUT2D eigenvalue weighted by Gasteiger charge is 2.26. The average Bonchev–Trinajstić information content (AvgIpc) is 2.58. The molecule has 160 valence electrons. The van der Waals surface area contributed by atoms with Crippen molar-refractivity contribution in [2.45, 2.75) is 130 Å². The molecular weight excluding hydrogens is 358 g/mol. The molecule has 27 heavy (non-hydrogen) atoms. The van der Waals surface area contributed by atoms with Gasteiger partial charge in [0.25, 0.3) is 0 Å². The maximum atomic E-state index is 4.07. The Morgan fingerprint density at radius 1 is 0.519 bits per heavy atom. The molecule has 0 aromatic rings. The van der Waals surface area contributed by atoms with E-state index in [0.717, 1.165) is 0 Å². The van der Waals surface area contributed by atoms with Crippen molar-refractivity contribution < 1.29 is 0 Å². The van der Waals surface area contributed by atoms with Gasteiger partial charge < -0.3 is 4.65 Å². The number of hydrogen-bond acceptors (Lipinski definition) is 1. The van der Waals surface area contributed by atoms with E-state index >= 15 is 0 Å². The van der Waals surface area contributed by atoms with Crippen molar-refractivity contribution in [3.8, 4) is 0 Å². The van der Waals surface area contributed by atoms with Crippen LogP contribution in [0.3, 0.4) is 0 Å². The van der Waals surface area contributed by atoms with Crippen LogP contribution in [0.2, 0.25) is 26.2 Å². The number of nitrogens with one attached hydrogen (secondary N) is 1. The van der Waals surface area contributed by atoms with Gasteiger partial charge in [0.15, 0.2) is 0 Å². The van der Waals surface area contributed by atoms with E-state index in [9.17, 15) is 0 Å². The normalized spacial score (nSPS) is 13.3. The van der Waals surface area contributed by atoms with Crippen LogP contribution in [0.15, 0.2) is 23.6 Å². The van der Waals surface area contributed by atoms with Gasteiger partial charge in [-0.25, -0.2) is 0 Å². The molecule has 0 amide bonds. The molecule has 0 unspecified atom stereocenters. The van der Waals surface area contributed by atoms with E-state index in [1.807, 2.05) is 0 Å². The van der Waals surface area contributed by atoms with Crippen molar-refractivity contribution >= 4 is 16.5 Å². The van der Waals surface area contributed by atoms with Crippen LogP contribution in [-0.4, -0.2) is 16.5 Å². The average molecular weight is 410 g/mol. The smallest absolute Gasteiger partial charge is 0.137 e. The Labute approximate surface area is 174 Å². The van der Waals surface area contributed by atoms with Crippen LogP contribution in [0.4, 0.5) is 0 Å². The molecule has 0 saturated heterocycles. The second-order valence-corrected chi connectivity index (χ2v) is 18.0. The molecule has 1 N–H and O–H groups in total. The Bertz CT molecular complexity index is 350. The zero-order valence-corrected chi connectivity index (χ0v) is 21.7. The Kier molecular flexibility index (Phi) is 16.7. The van der Waals surface area contributed by atoms with Crippen LogP contribution in [-0.2, 0) is 0 Å². The summed E-state index contributed by atoms with van der Waals surface area (Å²) in [5.41, 5.74) is 5.07. The van der Waals surface area contributed by atoms with Gasteiger partial charge in [-0.15, -0.1) is 0 Å². The minimum Gasteiger partial charge on any atom is -0.353 e. The van der Waals surface area contributed by atoms with Crippen LogP contribution in [0, 0.1) is 0 Å². The number of rotatable bonds is 18. The summed E-state index contributed by atoms with van der Waals surface area (Å²) in [7, 11) is -2.86. The van der Waals surface area contributed by atoms with Crippen LogP contribution < -0.4 is 4.65 Å². The molecule has 0 aliphatic carbocycles. The van der Waals surface area contributed by atoms with E-state index in [1.165, 1.54) is 89.9 Å². The second kappa shape index (κ2) is 16.8. The summed E-state index contributed by atoms with van der Waals surface area (Å²) in [5.74, 6) is 0. The summed E-state index contributed by atoms with van der Waals surface area (Å²) in [6, 6.07) is 0. The third-order valence-electron chi connectivity index (χ3n) is 5.16. The van der Waals surface area contributed by atoms with Gasteiger partial charge in [-0.3, -0.25) is 0 Å². The molecule has 3 heteroatoms. The molecule has 0 saturated carbocycles. The van der Waals surface area contributed by atoms with Crippen molar-refractivity contribution in [1.82, 2.24) is 4.65 Å². The van der Waals surface area contributed by atoms with Crippen LogP contribution in [0.5, 0.6) is 0 Å². The second-order valence-electron chi connectivity index (χ2n) is 9.49. The van der Waals surface area contributed by atoms with Crippen molar-refractivity contribution in [3.63, 3.8) is 0 Å². The monoisotopic (exact) mass is 409 g/mol. The molecule has 0 fully saturated rings. The Morgan fingerprint density at radius 2 is 0.852 bits per heavy atom. The first-order chi connectivity index (χ1) is 12.8. The fraction of sp³-hybridized carbons (Fsp3) is 0.833. The van der Waals surface area contributed by atoms with Crippen LogP contribution >= 0.6 is 0 Å². The van der Waals surface area contributed by atoms with Gasteiger partial charge >= 0.3 is 0 Å². The topological polar surface area (TPSA) is 12.0 Å². The molecule has 0 bridgehead atoms. The summed E-state index contributed by atoms with van der Waals surface area (Å²) in [5, 5.41) is 0. The number of allylic oxidation sites excluding steroid dienone is 2. The predicted molar refractivity (Wildman–Crippen MR) is 132 cm³/mol. The lowest BCUT2D eigenvalue weighted by Crippen LogP contribution is -2.57. The van der Waals surface area contributed by atoms with Crippen LogP contribution in [0.1, 0.15) is 104 Å². The zero-order chi connectivity index (χ0) is 20.4. The molecule has 1 nitrogen and oxygen atoms in total. The largest absolute Gasteiger partial charge is 0.353 e. The fourth-order valence-corrected chi connectivity index (χ4v) is 12.6. The molecule has 0 spiro atoms. The summed E-state index contributed by atoms with van der Waals surface area (Å²) in [4.78, 5) is 0. The van der Waals surface area contributed by atoms with Gasteiger partial charge in [0.05, 0.1) is 0 Å².